The Hall–Kier alpha value is -1.31. The lowest BCUT2D eigenvalue weighted by molar-refractivity contribution is 0.168. The van der Waals surface area contributed by atoms with E-state index >= 15 is 0 Å². The molecule has 2 aromatic heterocycles. The van der Waals surface area contributed by atoms with Crippen LogP contribution >= 0.6 is 11.8 Å². The van der Waals surface area contributed by atoms with Crippen LogP contribution in [0.25, 0.3) is 11.0 Å². The number of H-pyrrole nitrogens is 2. The number of aromatic nitrogens is 3. The predicted octanol–water partition coefficient (Wildman–Crippen LogP) is 0.455. The minimum absolute atomic E-state index is 0.172. The minimum Gasteiger partial charge on any atom is -0.392 e. The smallest absolute Gasteiger partial charge is 0.275 e. The molecule has 0 aliphatic rings. The average molecular weight is 282 g/mol. The summed E-state index contributed by atoms with van der Waals surface area (Å²) in [6.07, 6.45) is 4.10. The summed E-state index contributed by atoms with van der Waals surface area (Å²) in [7, 11) is 0. The van der Waals surface area contributed by atoms with Gasteiger partial charge < -0.3 is 20.4 Å². The highest BCUT2D eigenvalue weighted by Gasteiger charge is 2.06. The predicted molar refractivity (Wildman–Crippen MR) is 77.4 cm³/mol. The fourth-order valence-corrected chi connectivity index (χ4v) is 2.31. The van der Waals surface area contributed by atoms with Gasteiger partial charge in [0.2, 0.25) is 0 Å². The first-order valence-electron chi connectivity index (χ1n) is 6.14. The standard InChI is InChI=1S/C12H18N4O2S/c1-19-5-3-8(17)6-13-7-10-15-9-2-4-14-11(9)12(18)16-10/h2,4,8,13-14,17H,3,5-7H2,1H3,(H,15,16,18). The molecule has 2 aromatic rings. The number of aliphatic hydroxyl groups excluding tert-OH is 1. The van der Waals surface area contributed by atoms with Crippen molar-refractivity contribution in [2.45, 2.75) is 19.1 Å². The van der Waals surface area contributed by atoms with Gasteiger partial charge >= 0.3 is 0 Å². The van der Waals surface area contributed by atoms with Gasteiger partial charge in [-0.2, -0.15) is 11.8 Å². The molecule has 0 radical (unpaired) electrons. The molecule has 0 aromatic carbocycles. The normalized spacial score (nSPS) is 12.9. The molecule has 2 rings (SSSR count). The molecule has 0 amide bonds. The van der Waals surface area contributed by atoms with Crippen molar-refractivity contribution in [3.05, 3.63) is 28.4 Å². The number of aromatic amines is 2. The molecule has 0 aliphatic carbocycles. The van der Waals surface area contributed by atoms with E-state index in [1.165, 1.54) is 0 Å². The highest BCUT2D eigenvalue weighted by atomic mass is 32.2. The quantitative estimate of drug-likeness (QED) is 0.592. The van der Waals surface area contributed by atoms with Crippen molar-refractivity contribution in [2.24, 2.45) is 0 Å². The molecule has 7 heteroatoms. The van der Waals surface area contributed by atoms with Crippen LogP contribution in [-0.4, -0.2) is 44.7 Å². The molecule has 1 unspecified atom stereocenters. The summed E-state index contributed by atoms with van der Waals surface area (Å²) in [6, 6.07) is 1.77. The maximum Gasteiger partial charge on any atom is 0.275 e. The van der Waals surface area contributed by atoms with Gasteiger partial charge in [-0.15, -0.1) is 0 Å². The second kappa shape index (κ2) is 6.74. The van der Waals surface area contributed by atoms with Crippen LogP contribution in [0.3, 0.4) is 0 Å². The molecular weight excluding hydrogens is 264 g/mol. The average Bonchev–Trinajstić information content (AvgIpc) is 2.85. The van der Waals surface area contributed by atoms with E-state index in [9.17, 15) is 9.90 Å². The van der Waals surface area contributed by atoms with Crippen LogP contribution in [0.1, 0.15) is 12.2 Å². The highest BCUT2D eigenvalue weighted by Crippen LogP contribution is 2.03. The molecular formula is C12H18N4O2S. The van der Waals surface area contributed by atoms with Crippen LogP contribution < -0.4 is 10.9 Å². The largest absolute Gasteiger partial charge is 0.392 e. The fraction of sp³-hybridized carbons (Fsp3) is 0.500. The van der Waals surface area contributed by atoms with Crippen LogP contribution in [0.5, 0.6) is 0 Å². The third-order valence-electron chi connectivity index (χ3n) is 2.79. The Bertz CT molecular complexity index is 580. The summed E-state index contributed by atoms with van der Waals surface area (Å²) in [5.74, 6) is 1.52. The van der Waals surface area contributed by atoms with Gasteiger partial charge in [-0.25, -0.2) is 4.98 Å². The molecule has 0 fully saturated rings. The summed E-state index contributed by atoms with van der Waals surface area (Å²) < 4.78 is 0. The van der Waals surface area contributed by atoms with E-state index in [-0.39, 0.29) is 11.7 Å². The Morgan fingerprint density at radius 2 is 2.42 bits per heavy atom. The third kappa shape index (κ3) is 3.82. The fourth-order valence-electron chi connectivity index (χ4n) is 1.80. The molecule has 0 aliphatic heterocycles. The molecule has 0 bridgehead atoms. The Morgan fingerprint density at radius 1 is 1.58 bits per heavy atom. The van der Waals surface area contributed by atoms with Gasteiger partial charge in [-0.1, -0.05) is 0 Å². The van der Waals surface area contributed by atoms with Crippen molar-refractivity contribution >= 4 is 22.8 Å². The van der Waals surface area contributed by atoms with Gasteiger partial charge in [-0.05, 0) is 24.5 Å². The van der Waals surface area contributed by atoms with Crippen molar-refractivity contribution in [2.75, 3.05) is 18.6 Å². The van der Waals surface area contributed by atoms with E-state index in [2.05, 4.69) is 20.3 Å². The second-order valence-electron chi connectivity index (χ2n) is 4.32. The minimum atomic E-state index is -0.366. The van der Waals surface area contributed by atoms with Crippen LogP contribution in [0.4, 0.5) is 0 Å². The van der Waals surface area contributed by atoms with Gasteiger partial charge in [0.15, 0.2) is 0 Å². The number of nitrogens with zero attached hydrogens (tertiary/aromatic N) is 1. The Morgan fingerprint density at radius 3 is 3.21 bits per heavy atom. The Balaban J connectivity index is 1.89. The molecule has 1 atom stereocenters. The summed E-state index contributed by atoms with van der Waals surface area (Å²) in [5.41, 5.74) is 0.974. The molecule has 0 saturated heterocycles. The third-order valence-corrected chi connectivity index (χ3v) is 3.44. The number of hydrogen-bond acceptors (Lipinski definition) is 5. The van der Waals surface area contributed by atoms with Crippen LogP contribution in [-0.2, 0) is 6.54 Å². The first-order chi connectivity index (χ1) is 9.20. The number of thioether (sulfide) groups is 1. The van der Waals surface area contributed by atoms with Gasteiger partial charge in [0.05, 0.1) is 18.2 Å². The van der Waals surface area contributed by atoms with E-state index in [1.54, 1.807) is 24.0 Å². The van der Waals surface area contributed by atoms with Crippen LogP contribution in [0, 0.1) is 0 Å². The second-order valence-corrected chi connectivity index (χ2v) is 5.30. The van der Waals surface area contributed by atoms with Gasteiger partial charge in [0, 0.05) is 12.7 Å². The zero-order chi connectivity index (χ0) is 13.7. The Labute approximate surface area is 115 Å². The summed E-state index contributed by atoms with van der Waals surface area (Å²) >= 11 is 1.71. The lowest BCUT2D eigenvalue weighted by atomic mass is 10.3. The van der Waals surface area contributed by atoms with E-state index in [1.807, 2.05) is 6.26 Å². The molecule has 0 saturated carbocycles. The van der Waals surface area contributed by atoms with Gasteiger partial charge in [0.25, 0.3) is 5.56 Å². The van der Waals surface area contributed by atoms with Crippen molar-refractivity contribution in [3.8, 4) is 0 Å². The summed E-state index contributed by atoms with van der Waals surface area (Å²) in [6.45, 7) is 0.933. The topological polar surface area (TPSA) is 93.8 Å². The lowest BCUT2D eigenvalue weighted by Gasteiger charge is -2.10. The SMILES string of the molecule is CSCCC(O)CNCc1nc2cc[nH]c2c(=O)[nH]1. The highest BCUT2D eigenvalue weighted by molar-refractivity contribution is 7.98. The Kier molecular flexibility index (Phi) is 5.00. The lowest BCUT2D eigenvalue weighted by Crippen LogP contribution is -2.28. The van der Waals surface area contributed by atoms with Crippen molar-refractivity contribution in [1.29, 1.82) is 0 Å². The number of hydrogen-bond donors (Lipinski definition) is 4. The molecule has 6 nitrogen and oxygen atoms in total. The number of rotatable bonds is 7. The van der Waals surface area contributed by atoms with Crippen molar-refractivity contribution in [3.63, 3.8) is 0 Å². The first-order valence-corrected chi connectivity index (χ1v) is 7.54. The molecule has 19 heavy (non-hydrogen) atoms. The van der Waals surface area contributed by atoms with E-state index in [4.69, 9.17) is 0 Å². The molecule has 2 heterocycles. The number of aliphatic hydroxyl groups is 1. The summed E-state index contributed by atoms with van der Waals surface area (Å²) in [5, 5.41) is 12.8. The van der Waals surface area contributed by atoms with Crippen LogP contribution in [0.15, 0.2) is 17.1 Å². The molecule has 0 spiro atoms. The maximum atomic E-state index is 11.7. The van der Waals surface area contributed by atoms with Gasteiger partial charge in [-0.3, -0.25) is 4.79 Å². The van der Waals surface area contributed by atoms with Crippen molar-refractivity contribution < 1.29 is 5.11 Å². The van der Waals surface area contributed by atoms with Crippen molar-refractivity contribution in [1.82, 2.24) is 20.3 Å². The zero-order valence-electron chi connectivity index (χ0n) is 10.8. The molecule has 4 N–H and O–H groups in total. The number of nitrogens with one attached hydrogen (secondary N) is 3. The van der Waals surface area contributed by atoms with Gasteiger partial charge in [0.1, 0.15) is 11.3 Å². The van der Waals surface area contributed by atoms with E-state index in [0.29, 0.717) is 29.9 Å². The van der Waals surface area contributed by atoms with E-state index < -0.39 is 0 Å². The monoisotopic (exact) mass is 282 g/mol. The maximum absolute atomic E-state index is 11.7. The zero-order valence-corrected chi connectivity index (χ0v) is 11.6. The number of fused-ring (bicyclic) bond motifs is 1. The first kappa shape index (κ1) is 14.1. The van der Waals surface area contributed by atoms with Crippen LogP contribution in [0.2, 0.25) is 0 Å². The molecule has 104 valence electrons. The summed E-state index contributed by atoms with van der Waals surface area (Å²) in [4.78, 5) is 21.6. The van der Waals surface area contributed by atoms with E-state index in [0.717, 1.165) is 12.2 Å².